The molecule has 1 aromatic carbocycles. The number of benzene rings is 1. The van der Waals surface area contributed by atoms with Crippen molar-refractivity contribution in [1.29, 1.82) is 0 Å². The number of carbonyl (C=O) groups is 1. The number of nitrogens with one attached hydrogen (secondary N) is 1. The van der Waals surface area contributed by atoms with Gasteiger partial charge >= 0.3 is 0 Å². The van der Waals surface area contributed by atoms with Gasteiger partial charge in [-0.3, -0.25) is 4.79 Å². The molecular formula is C25H29FN5O2S+. The van der Waals surface area contributed by atoms with Crippen LogP contribution in [0.5, 0.6) is 0 Å². The summed E-state index contributed by atoms with van der Waals surface area (Å²) in [6, 6.07) is 10.0. The maximum absolute atomic E-state index is 14.1. The summed E-state index contributed by atoms with van der Waals surface area (Å²) in [6.45, 7) is 3.14. The molecule has 2 aromatic rings. The number of hydrogen-bond donors (Lipinski definition) is 1. The number of halogens is 1. The van der Waals surface area contributed by atoms with Crippen molar-refractivity contribution >= 4 is 23.1 Å². The number of aliphatic imine (C=N–C) groups is 1. The van der Waals surface area contributed by atoms with E-state index in [2.05, 4.69) is 4.98 Å². The molecule has 1 aromatic heterocycles. The van der Waals surface area contributed by atoms with E-state index in [9.17, 15) is 9.28 Å². The van der Waals surface area contributed by atoms with E-state index in [1.807, 2.05) is 48.4 Å². The first-order valence-electron chi connectivity index (χ1n) is 11.6. The molecule has 1 saturated heterocycles. The van der Waals surface area contributed by atoms with Gasteiger partial charge in [-0.1, -0.05) is 34.8 Å². The van der Waals surface area contributed by atoms with Crippen molar-refractivity contribution in [1.82, 2.24) is 15.0 Å². The van der Waals surface area contributed by atoms with Crippen molar-refractivity contribution in [3.05, 3.63) is 64.7 Å². The average molecular weight is 483 g/mol. The minimum atomic E-state index is -0.0147. The van der Waals surface area contributed by atoms with Gasteiger partial charge in [0.15, 0.2) is 6.67 Å². The fourth-order valence-corrected chi connectivity index (χ4v) is 5.85. The Morgan fingerprint density at radius 1 is 1.29 bits per heavy atom. The zero-order valence-electron chi connectivity index (χ0n) is 19.5. The van der Waals surface area contributed by atoms with Crippen LogP contribution >= 0.6 is 11.3 Å². The normalized spacial score (nSPS) is 22.3. The molecule has 1 fully saturated rings. The molecule has 7 nitrogen and oxygen atoms in total. The minimum absolute atomic E-state index is 0.0147. The van der Waals surface area contributed by atoms with E-state index < -0.39 is 0 Å². The van der Waals surface area contributed by atoms with Crippen LogP contribution in [0.25, 0.3) is 10.4 Å². The molecule has 1 amide bonds. The molecule has 0 aliphatic carbocycles. The standard InChI is InChI=1S/C25H28FN5O2S/c1-17-27-22(23(34-17)18-8-4-3-5-9-18)25(32)31-11-7-6-10-21(31)12-20-14-29-16-30(26)13-19(15-33-2)24(29)28-20/h3-5,8-9,13-14,21H,6-7,10-12,15-16H2,1-2H3/p+1/t21-/m0/s1. The predicted octanol–water partition coefficient (Wildman–Crippen LogP) is 3.33. The van der Waals surface area contributed by atoms with Crippen LogP contribution in [0.3, 0.4) is 0 Å². The van der Waals surface area contributed by atoms with E-state index >= 15 is 0 Å². The van der Waals surface area contributed by atoms with Crippen LogP contribution in [-0.2, 0) is 4.74 Å². The van der Waals surface area contributed by atoms with Crippen molar-refractivity contribution < 1.29 is 18.9 Å². The summed E-state index contributed by atoms with van der Waals surface area (Å²) in [6.07, 6.45) is 7.05. The molecule has 1 N–H and O–H groups in total. The van der Waals surface area contributed by atoms with Gasteiger partial charge in [-0.15, -0.1) is 11.3 Å². The van der Waals surface area contributed by atoms with Crippen LogP contribution in [0.1, 0.15) is 41.2 Å². The van der Waals surface area contributed by atoms with Crippen LogP contribution in [0.15, 0.2) is 59.0 Å². The SMILES string of the molecule is COCC1=CN(F)C[NH+]2C=C(C[C@@H]3CCCCN3C(=O)c3nc(C)sc3-c3ccccc3)N=C12. The first-order valence-corrected chi connectivity index (χ1v) is 12.5. The van der Waals surface area contributed by atoms with Crippen LogP contribution in [0.2, 0.25) is 0 Å². The highest BCUT2D eigenvalue weighted by Crippen LogP contribution is 2.33. The van der Waals surface area contributed by atoms with E-state index in [1.165, 1.54) is 6.20 Å². The number of aryl methyl sites for hydroxylation is 1. The molecule has 1 unspecified atom stereocenters. The average Bonchev–Trinajstić information content (AvgIpc) is 3.43. The number of quaternary nitrogens is 1. The first-order chi connectivity index (χ1) is 16.5. The van der Waals surface area contributed by atoms with Crippen molar-refractivity contribution in [2.45, 2.75) is 38.6 Å². The molecular weight excluding hydrogens is 453 g/mol. The van der Waals surface area contributed by atoms with Gasteiger partial charge in [0.25, 0.3) is 5.91 Å². The lowest BCUT2D eigenvalue weighted by Crippen LogP contribution is -3.11. The van der Waals surface area contributed by atoms with Gasteiger partial charge in [-0.25, -0.2) is 9.88 Å². The number of fused-ring (bicyclic) bond motifs is 1. The second-order valence-corrected chi connectivity index (χ2v) is 10.1. The summed E-state index contributed by atoms with van der Waals surface area (Å²) in [7, 11) is 1.59. The molecule has 2 atom stereocenters. The molecule has 4 heterocycles. The predicted molar refractivity (Wildman–Crippen MR) is 130 cm³/mol. The number of thiazole rings is 1. The van der Waals surface area contributed by atoms with Gasteiger partial charge in [-0.05, 0) is 31.7 Å². The number of amides is 1. The number of aromatic nitrogens is 1. The number of ether oxygens (including phenoxy) is 1. The lowest BCUT2D eigenvalue weighted by atomic mass is 9.97. The van der Waals surface area contributed by atoms with Crippen LogP contribution in [0, 0.1) is 6.92 Å². The van der Waals surface area contributed by atoms with E-state index in [0.717, 1.165) is 56.7 Å². The zero-order chi connectivity index (χ0) is 23.7. The summed E-state index contributed by atoms with van der Waals surface area (Å²) in [5, 5.41) is 1.56. The number of methoxy groups -OCH3 is 1. The second-order valence-electron chi connectivity index (χ2n) is 8.90. The summed E-state index contributed by atoms with van der Waals surface area (Å²) < 4.78 is 19.3. The lowest BCUT2D eigenvalue weighted by Gasteiger charge is -2.35. The summed E-state index contributed by atoms with van der Waals surface area (Å²) in [5.41, 5.74) is 3.18. The second kappa shape index (κ2) is 9.77. The molecule has 178 valence electrons. The number of amidine groups is 1. The molecule has 3 aliphatic rings. The Balaban J connectivity index is 1.38. The Bertz CT molecular complexity index is 1160. The van der Waals surface area contributed by atoms with Gasteiger partial charge in [0.2, 0.25) is 5.84 Å². The topological polar surface area (TPSA) is 62.5 Å². The number of carbonyl (C=O) groups excluding carboxylic acids is 1. The Morgan fingerprint density at radius 3 is 2.91 bits per heavy atom. The van der Waals surface area contributed by atoms with Gasteiger partial charge in [-0.2, -0.15) is 10.1 Å². The third-order valence-corrected chi connectivity index (χ3v) is 7.45. The van der Waals surface area contributed by atoms with E-state index in [0.29, 0.717) is 30.4 Å². The smallest absolute Gasteiger partial charge is 0.274 e. The maximum Gasteiger partial charge on any atom is 0.274 e. The fourth-order valence-electron chi connectivity index (χ4n) is 4.93. The monoisotopic (exact) mass is 482 g/mol. The summed E-state index contributed by atoms with van der Waals surface area (Å²) in [5.74, 6) is 0.792. The largest absolute Gasteiger partial charge is 0.380 e. The Hall–Kier alpha value is -2.88. The fraction of sp³-hybridized carbons (Fsp3) is 0.400. The first kappa shape index (κ1) is 22.9. The number of likely N-dealkylation sites (tertiary alicyclic amines) is 1. The van der Waals surface area contributed by atoms with E-state index in [1.54, 1.807) is 18.4 Å². The van der Waals surface area contributed by atoms with Gasteiger partial charge in [0.1, 0.15) is 17.6 Å². The Kier molecular flexibility index (Phi) is 6.58. The maximum atomic E-state index is 14.1. The molecule has 3 aliphatic heterocycles. The number of nitrogens with zero attached hydrogens (tertiary/aromatic N) is 4. The van der Waals surface area contributed by atoms with Crippen LogP contribution < -0.4 is 4.90 Å². The van der Waals surface area contributed by atoms with Crippen LogP contribution in [0.4, 0.5) is 4.48 Å². The van der Waals surface area contributed by atoms with Gasteiger partial charge in [0.05, 0.1) is 28.3 Å². The lowest BCUT2D eigenvalue weighted by molar-refractivity contribution is -0.764. The van der Waals surface area contributed by atoms with Crippen molar-refractivity contribution in [3.63, 3.8) is 0 Å². The van der Waals surface area contributed by atoms with Gasteiger partial charge in [0, 0.05) is 26.1 Å². The third kappa shape index (κ3) is 4.55. The highest BCUT2D eigenvalue weighted by atomic mass is 32.1. The van der Waals surface area contributed by atoms with E-state index in [4.69, 9.17) is 9.73 Å². The molecule has 0 radical (unpaired) electrons. The molecule has 0 spiro atoms. The Morgan fingerprint density at radius 2 is 2.12 bits per heavy atom. The highest BCUT2D eigenvalue weighted by Gasteiger charge is 2.36. The summed E-state index contributed by atoms with van der Waals surface area (Å²) >= 11 is 1.56. The Labute approximate surface area is 202 Å². The summed E-state index contributed by atoms with van der Waals surface area (Å²) in [4.78, 5) is 27.0. The number of rotatable bonds is 6. The molecule has 0 saturated carbocycles. The highest BCUT2D eigenvalue weighted by molar-refractivity contribution is 7.15. The van der Waals surface area contributed by atoms with Crippen molar-refractivity contribution in [2.24, 2.45) is 4.99 Å². The van der Waals surface area contributed by atoms with Crippen LogP contribution in [-0.4, -0.2) is 59.7 Å². The van der Waals surface area contributed by atoms with Gasteiger partial charge < -0.3 is 9.64 Å². The quantitative estimate of drug-likeness (QED) is 0.642. The third-order valence-electron chi connectivity index (χ3n) is 6.43. The zero-order valence-corrected chi connectivity index (χ0v) is 20.3. The molecule has 5 rings (SSSR count). The molecule has 34 heavy (non-hydrogen) atoms. The molecule has 0 bridgehead atoms. The molecule has 9 heteroatoms. The minimum Gasteiger partial charge on any atom is -0.380 e. The van der Waals surface area contributed by atoms with Crippen molar-refractivity contribution in [2.75, 3.05) is 26.9 Å². The number of hydrogen-bond acceptors (Lipinski definition) is 6. The van der Waals surface area contributed by atoms with E-state index in [-0.39, 0.29) is 18.6 Å². The van der Waals surface area contributed by atoms with Crippen molar-refractivity contribution in [3.8, 4) is 10.4 Å². The number of piperidine rings is 1.